The first-order valence-electron chi connectivity index (χ1n) is 10.4. The van der Waals surface area contributed by atoms with Crippen LogP contribution in [0.5, 0.6) is 11.5 Å². The smallest absolute Gasteiger partial charge is 0.258 e. The highest BCUT2D eigenvalue weighted by Crippen LogP contribution is 2.33. The predicted molar refractivity (Wildman–Crippen MR) is 117 cm³/mol. The molecule has 0 aliphatic carbocycles. The number of hydrogen-bond donors (Lipinski definition) is 0. The molecule has 2 aliphatic heterocycles. The molecule has 0 unspecified atom stereocenters. The lowest BCUT2D eigenvalue weighted by Crippen LogP contribution is -2.48. The third kappa shape index (κ3) is 3.91. The zero-order valence-corrected chi connectivity index (χ0v) is 18.3. The van der Waals surface area contributed by atoms with Gasteiger partial charge in [0.25, 0.3) is 5.91 Å². The minimum Gasteiger partial charge on any atom is -0.454 e. The maximum absolute atomic E-state index is 13.2. The number of amides is 1. The van der Waals surface area contributed by atoms with Gasteiger partial charge in [-0.1, -0.05) is 17.7 Å². The molecule has 9 heteroatoms. The van der Waals surface area contributed by atoms with Crippen molar-refractivity contribution < 1.29 is 18.7 Å². The number of aryl methyl sites for hydroxylation is 1. The van der Waals surface area contributed by atoms with E-state index in [-0.39, 0.29) is 23.7 Å². The SMILES string of the molecule is Cc1nn(-c2ccc(F)cc2)c(Cl)c1C(=O)N1CCN(Cc2ccc3c(c2)OCO3)CC1. The summed E-state index contributed by atoms with van der Waals surface area (Å²) in [6.07, 6.45) is 0. The normalized spacial score (nSPS) is 15.9. The Morgan fingerprint density at radius 2 is 1.78 bits per heavy atom. The van der Waals surface area contributed by atoms with E-state index in [2.05, 4.69) is 10.00 Å². The van der Waals surface area contributed by atoms with Crippen molar-refractivity contribution in [2.45, 2.75) is 13.5 Å². The van der Waals surface area contributed by atoms with E-state index < -0.39 is 0 Å². The van der Waals surface area contributed by atoms with Gasteiger partial charge in [-0.2, -0.15) is 5.10 Å². The average molecular weight is 457 g/mol. The minimum absolute atomic E-state index is 0.136. The Balaban J connectivity index is 1.25. The second kappa shape index (κ2) is 8.44. The van der Waals surface area contributed by atoms with Crippen molar-refractivity contribution in [1.82, 2.24) is 19.6 Å². The number of piperazine rings is 1. The number of fused-ring (bicyclic) bond motifs is 1. The summed E-state index contributed by atoms with van der Waals surface area (Å²) in [7, 11) is 0. The molecule has 2 aliphatic rings. The first kappa shape index (κ1) is 20.8. The monoisotopic (exact) mass is 456 g/mol. The molecule has 1 aromatic heterocycles. The third-order valence-electron chi connectivity index (χ3n) is 5.79. The van der Waals surface area contributed by atoms with Crippen molar-refractivity contribution in [1.29, 1.82) is 0 Å². The molecule has 0 spiro atoms. The van der Waals surface area contributed by atoms with Crippen molar-refractivity contribution in [2.75, 3.05) is 33.0 Å². The van der Waals surface area contributed by atoms with E-state index >= 15 is 0 Å². The Bertz CT molecular complexity index is 1160. The summed E-state index contributed by atoms with van der Waals surface area (Å²) in [4.78, 5) is 17.3. The molecule has 1 saturated heterocycles. The average Bonchev–Trinajstić information content (AvgIpc) is 3.38. The topological polar surface area (TPSA) is 59.8 Å². The first-order chi connectivity index (χ1) is 15.5. The fourth-order valence-corrected chi connectivity index (χ4v) is 4.41. The number of aromatic nitrogens is 2. The van der Waals surface area contributed by atoms with Crippen LogP contribution in [0, 0.1) is 12.7 Å². The molecule has 0 saturated carbocycles. The van der Waals surface area contributed by atoms with E-state index in [1.54, 1.807) is 24.0 Å². The summed E-state index contributed by atoms with van der Waals surface area (Å²) in [5.41, 5.74) is 2.69. The first-order valence-corrected chi connectivity index (χ1v) is 10.8. The van der Waals surface area contributed by atoms with Crippen LogP contribution in [-0.4, -0.2) is 58.5 Å². The quantitative estimate of drug-likeness (QED) is 0.599. The molecular weight excluding hydrogens is 435 g/mol. The zero-order valence-electron chi connectivity index (χ0n) is 17.6. The van der Waals surface area contributed by atoms with Crippen LogP contribution in [0.2, 0.25) is 5.15 Å². The Morgan fingerprint density at radius 1 is 1.06 bits per heavy atom. The molecule has 0 radical (unpaired) electrons. The number of ether oxygens (including phenoxy) is 2. The van der Waals surface area contributed by atoms with Crippen LogP contribution in [-0.2, 0) is 6.54 Å². The number of nitrogens with zero attached hydrogens (tertiary/aromatic N) is 4. The molecule has 0 N–H and O–H groups in total. The van der Waals surface area contributed by atoms with E-state index in [0.717, 1.165) is 36.7 Å². The number of rotatable bonds is 4. The Kier molecular flexibility index (Phi) is 5.48. The Labute approximate surface area is 189 Å². The van der Waals surface area contributed by atoms with E-state index in [0.29, 0.717) is 30.0 Å². The summed E-state index contributed by atoms with van der Waals surface area (Å²) in [6.45, 7) is 5.50. The van der Waals surface area contributed by atoms with Gasteiger partial charge in [0.2, 0.25) is 6.79 Å². The summed E-state index contributed by atoms with van der Waals surface area (Å²) < 4.78 is 25.5. The van der Waals surface area contributed by atoms with Crippen molar-refractivity contribution in [3.63, 3.8) is 0 Å². The Morgan fingerprint density at radius 3 is 2.53 bits per heavy atom. The van der Waals surface area contributed by atoms with Crippen LogP contribution in [0.1, 0.15) is 21.6 Å². The molecular formula is C23H22ClFN4O3. The number of carbonyl (C=O) groups is 1. The fourth-order valence-electron chi connectivity index (χ4n) is 4.06. The van der Waals surface area contributed by atoms with Gasteiger partial charge in [0, 0.05) is 32.7 Å². The zero-order chi connectivity index (χ0) is 22.2. The molecule has 3 heterocycles. The van der Waals surface area contributed by atoms with E-state index in [9.17, 15) is 9.18 Å². The van der Waals surface area contributed by atoms with Gasteiger partial charge >= 0.3 is 0 Å². The maximum Gasteiger partial charge on any atom is 0.258 e. The van der Waals surface area contributed by atoms with Crippen LogP contribution in [0.4, 0.5) is 4.39 Å². The van der Waals surface area contributed by atoms with Crippen LogP contribution in [0.15, 0.2) is 42.5 Å². The number of benzene rings is 2. The van der Waals surface area contributed by atoms with Crippen molar-refractivity contribution in [3.8, 4) is 17.2 Å². The highest BCUT2D eigenvalue weighted by Gasteiger charge is 2.28. The molecule has 7 nitrogen and oxygen atoms in total. The standard InChI is InChI=1S/C23H22ClFN4O3/c1-15-21(22(24)29(26-15)18-5-3-17(25)4-6-18)23(30)28-10-8-27(9-11-28)13-16-2-7-19-20(12-16)32-14-31-19/h2-7,12H,8-11,13-14H2,1H3. The predicted octanol–water partition coefficient (Wildman–Crippen LogP) is 3.66. The van der Waals surface area contributed by atoms with Crippen molar-refractivity contribution >= 4 is 17.5 Å². The summed E-state index contributed by atoms with van der Waals surface area (Å²) in [5.74, 6) is 1.07. The summed E-state index contributed by atoms with van der Waals surface area (Å²) in [5, 5.41) is 4.65. The molecule has 2 aromatic carbocycles. The lowest BCUT2D eigenvalue weighted by Gasteiger charge is -2.34. The number of carbonyl (C=O) groups excluding carboxylic acids is 1. The lowest BCUT2D eigenvalue weighted by atomic mass is 10.1. The van der Waals surface area contributed by atoms with Crippen LogP contribution in [0.25, 0.3) is 5.69 Å². The molecule has 166 valence electrons. The second-order valence-corrected chi connectivity index (χ2v) is 8.25. The van der Waals surface area contributed by atoms with Gasteiger partial charge in [-0.05, 0) is 48.9 Å². The summed E-state index contributed by atoms with van der Waals surface area (Å²) >= 11 is 6.53. The van der Waals surface area contributed by atoms with Gasteiger partial charge in [-0.15, -0.1) is 0 Å². The van der Waals surface area contributed by atoms with Crippen molar-refractivity contribution in [3.05, 3.63) is 70.3 Å². The van der Waals surface area contributed by atoms with Gasteiger partial charge in [0.1, 0.15) is 11.0 Å². The van der Waals surface area contributed by atoms with Crippen LogP contribution < -0.4 is 9.47 Å². The molecule has 1 fully saturated rings. The van der Waals surface area contributed by atoms with Gasteiger partial charge in [-0.3, -0.25) is 9.69 Å². The number of halogens is 2. The van der Waals surface area contributed by atoms with Crippen molar-refractivity contribution in [2.24, 2.45) is 0 Å². The molecule has 0 bridgehead atoms. The third-order valence-corrected chi connectivity index (χ3v) is 6.14. The minimum atomic E-state index is -0.344. The van der Waals surface area contributed by atoms with Crippen LogP contribution >= 0.6 is 11.6 Å². The molecule has 3 aromatic rings. The summed E-state index contributed by atoms with van der Waals surface area (Å²) in [6, 6.07) is 11.8. The van der Waals surface area contributed by atoms with Gasteiger partial charge in [-0.25, -0.2) is 9.07 Å². The van der Waals surface area contributed by atoms with E-state index in [4.69, 9.17) is 21.1 Å². The Hall–Kier alpha value is -3.10. The molecule has 32 heavy (non-hydrogen) atoms. The largest absolute Gasteiger partial charge is 0.454 e. The molecule has 5 rings (SSSR count). The van der Waals surface area contributed by atoms with Gasteiger partial charge in [0.15, 0.2) is 11.5 Å². The van der Waals surface area contributed by atoms with Gasteiger partial charge < -0.3 is 14.4 Å². The highest BCUT2D eigenvalue weighted by atomic mass is 35.5. The maximum atomic E-state index is 13.2. The highest BCUT2D eigenvalue weighted by molar-refractivity contribution is 6.33. The molecule has 0 atom stereocenters. The number of hydrogen-bond acceptors (Lipinski definition) is 5. The van der Waals surface area contributed by atoms with Gasteiger partial charge in [0.05, 0.1) is 16.9 Å². The van der Waals surface area contributed by atoms with E-state index in [1.165, 1.54) is 16.8 Å². The van der Waals surface area contributed by atoms with Crippen LogP contribution in [0.3, 0.4) is 0 Å². The lowest BCUT2D eigenvalue weighted by molar-refractivity contribution is 0.0628. The van der Waals surface area contributed by atoms with E-state index in [1.807, 2.05) is 18.2 Å². The fraction of sp³-hybridized carbons (Fsp3) is 0.304. The molecule has 1 amide bonds. The second-order valence-electron chi connectivity index (χ2n) is 7.90.